The van der Waals surface area contributed by atoms with Crippen molar-refractivity contribution in [1.29, 1.82) is 0 Å². The molecule has 96 valence electrons. The van der Waals surface area contributed by atoms with Crippen LogP contribution in [0.4, 0.5) is 0 Å². The summed E-state index contributed by atoms with van der Waals surface area (Å²) in [4.78, 5) is 12.5. The van der Waals surface area contributed by atoms with Crippen LogP contribution in [0.3, 0.4) is 0 Å². The number of nitrogens with one attached hydrogen (secondary N) is 1. The van der Waals surface area contributed by atoms with E-state index in [2.05, 4.69) is 17.4 Å². The predicted octanol–water partition coefficient (Wildman–Crippen LogP) is 2.05. The standard InChI is InChI=1S/C12H18N2OS.ClH/c1-10(13)9-12(15)14-7-8-16-11-5-3-2-4-6-11;/h2-6,10H,7-9,13H2,1H3,(H,14,15);1H. The van der Waals surface area contributed by atoms with Gasteiger partial charge in [0.1, 0.15) is 0 Å². The Kier molecular flexibility index (Phi) is 8.94. The number of rotatable bonds is 6. The van der Waals surface area contributed by atoms with Gasteiger partial charge in [-0.25, -0.2) is 0 Å². The molecule has 0 fully saturated rings. The Labute approximate surface area is 113 Å². The maximum absolute atomic E-state index is 11.3. The van der Waals surface area contributed by atoms with Gasteiger partial charge in [-0.05, 0) is 19.1 Å². The third-order valence-corrected chi connectivity index (χ3v) is 2.96. The molecule has 0 saturated heterocycles. The van der Waals surface area contributed by atoms with Gasteiger partial charge in [-0.2, -0.15) is 0 Å². The first-order chi connectivity index (χ1) is 7.68. The van der Waals surface area contributed by atoms with E-state index in [1.807, 2.05) is 25.1 Å². The summed E-state index contributed by atoms with van der Waals surface area (Å²) in [6.07, 6.45) is 0.399. The smallest absolute Gasteiger partial charge is 0.221 e. The SMILES string of the molecule is CC(N)CC(=O)NCCSc1ccccc1.Cl. The summed E-state index contributed by atoms with van der Waals surface area (Å²) in [6.45, 7) is 2.52. The molecule has 1 atom stereocenters. The zero-order valence-corrected chi connectivity index (χ0v) is 11.5. The minimum Gasteiger partial charge on any atom is -0.355 e. The predicted molar refractivity (Wildman–Crippen MR) is 75.7 cm³/mol. The quantitative estimate of drug-likeness (QED) is 0.617. The lowest BCUT2D eigenvalue weighted by Gasteiger charge is -2.06. The highest BCUT2D eigenvalue weighted by molar-refractivity contribution is 7.99. The molecule has 0 aliphatic carbocycles. The van der Waals surface area contributed by atoms with E-state index < -0.39 is 0 Å². The Hall–Kier alpha value is -0.710. The normalized spacial score (nSPS) is 11.4. The fourth-order valence-corrected chi connectivity index (χ4v) is 2.03. The second kappa shape index (κ2) is 9.33. The van der Waals surface area contributed by atoms with Crippen LogP contribution < -0.4 is 11.1 Å². The number of benzene rings is 1. The molecule has 1 aromatic rings. The van der Waals surface area contributed by atoms with E-state index in [0.717, 1.165) is 5.75 Å². The highest BCUT2D eigenvalue weighted by Crippen LogP contribution is 2.15. The Morgan fingerprint density at radius 1 is 1.41 bits per heavy atom. The average Bonchev–Trinajstić information content (AvgIpc) is 2.25. The van der Waals surface area contributed by atoms with Crippen molar-refractivity contribution < 1.29 is 4.79 Å². The molecule has 0 aromatic heterocycles. The van der Waals surface area contributed by atoms with Crippen molar-refractivity contribution in [3.05, 3.63) is 30.3 Å². The summed E-state index contributed by atoms with van der Waals surface area (Å²) in [5.41, 5.74) is 5.52. The Bertz CT molecular complexity index is 320. The molecule has 1 unspecified atom stereocenters. The lowest BCUT2D eigenvalue weighted by molar-refractivity contribution is -0.121. The van der Waals surface area contributed by atoms with E-state index in [1.54, 1.807) is 11.8 Å². The molecule has 0 bridgehead atoms. The van der Waals surface area contributed by atoms with Gasteiger partial charge in [0.15, 0.2) is 0 Å². The van der Waals surface area contributed by atoms with Crippen molar-refractivity contribution in [2.75, 3.05) is 12.3 Å². The Balaban J connectivity index is 0.00000256. The van der Waals surface area contributed by atoms with E-state index in [-0.39, 0.29) is 24.4 Å². The minimum absolute atomic E-state index is 0. The van der Waals surface area contributed by atoms with E-state index >= 15 is 0 Å². The molecule has 5 heteroatoms. The van der Waals surface area contributed by atoms with Crippen molar-refractivity contribution >= 4 is 30.1 Å². The molecule has 0 heterocycles. The maximum Gasteiger partial charge on any atom is 0.221 e. The van der Waals surface area contributed by atoms with Gasteiger partial charge in [-0.15, -0.1) is 24.2 Å². The van der Waals surface area contributed by atoms with Crippen LogP contribution in [0.1, 0.15) is 13.3 Å². The van der Waals surface area contributed by atoms with Crippen LogP contribution >= 0.6 is 24.2 Å². The third-order valence-electron chi connectivity index (χ3n) is 1.94. The van der Waals surface area contributed by atoms with Crippen LogP contribution in [-0.2, 0) is 4.79 Å². The maximum atomic E-state index is 11.3. The first-order valence-corrected chi connectivity index (χ1v) is 6.37. The lowest BCUT2D eigenvalue weighted by atomic mass is 10.2. The van der Waals surface area contributed by atoms with E-state index in [0.29, 0.717) is 13.0 Å². The monoisotopic (exact) mass is 274 g/mol. The van der Waals surface area contributed by atoms with Crippen LogP contribution in [0, 0.1) is 0 Å². The molecule has 0 saturated carbocycles. The molecule has 0 spiro atoms. The number of halogens is 1. The van der Waals surface area contributed by atoms with E-state index in [1.165, 1.54) is 4.90 Å². The molecular weight excluding hydrogens is 256 g/mol. The summed E-state index contributed by atoms with van der Waals surface area (Å²) < 4.78 is 0. The summed E-state index contributed by atoms with van der Waals surface area (Å²) in [5, 5.41) is 2.84. The first-order valence-electron chi connectivity index (χ1n) is 5.38. The highest BCUT2D eigenvalue weighted by Gasteiger charge is 2.03. The zero-order valence-electron chi connectivity index (χ0n) is 9.89. The fourth-order valence-electron chi connectivity index (χ4n) is 1.24. The molecular formula is C12H19ClN2OS. The molecule has 0 aliphatic rings. The zero-order chi connectivity index (χ0) is 11.8. The van der Waals surface area contributed by atoms with Crippen molar-refractivity contribution in [2.45, 2.75) is 24.3 Å². The molecule has 1 amide bonds. The molecule has 17 heavy (non-hydrogen) atoms. The molecule has 3 N–H and O–H groups in total. The van der Waals surface area contributed by atoms with Crippen LogP contribution in [0.2, 0.25) is 0 Å². The number of hydrogen-bond donors (Lipinski definition) is 2. The molecule has 1 rings (SSSR count). The van der Waals surface area contributed by atoms with Gasteiger partial charge >= 0.3 is 0 Å². The lowest BCUT2D eigenvalue weighted by Crippen LogP contribution is -2.31. The van der Waals surface area contributed by atoms with Gasteiger partial charge in [-0.1, -0.05) is 18.2 Å². The van der Waals surface area contributed by atoms with Crippen LogP contribution in [0.5, 0.6) is 0 Å². The largest absolute Gasteiger partial charge is 0.355 e. The van der Waals surface area contributed by atoms with Gasteiger partial charge in [0.2, 0.25) is 5.91 Å². The molecule has 3 nitrogen and oxygen atoms in total. The number of hydrogen-bond acceptors (Lipinski definition) is 3. The van der Waals surface area contributed by atoms with Gasteiger partial charge in [0.05, 0.1) is 0 Å². The Morgan fingerprint density at radius 2 is 2.06 bits per heavy atom. The average molecular weight is 275 g/mol. The first kappa shape index (κ1) is 16.3. The van der Waals surface area contributed by atoms with Crippen LogP contribution in [0.15, 0.2) is 35.2 Å². The number of nitrogens with two attached hydrogens (primary N) is 1. The minimum atomic E-state index is -0.0678. The topological polar surface area (TPSA) is 55.1 Å². The number of amides is 1. The van der Waals surface area contributed by atoms with Gasteiger partial charge < -0.3 is 11.1 Å². The van der Waals surface area contributed by atoms with Crippen LogP contribution in [-0.4, -0.2) is 24.2 Å². The van der Waals surface area contributed by atoms with Gasteiger partial charge in [0, 0.05) is 29.7 Å². The summed E-state index contributed by atoms with van der Waals surface area (Å²) in [7, 11) is 0. The van der Waals surface area contributed by atoms with Gasteiger partial charge in [0.25, 0.3) is 0 Å². The van der Waals surface area contributed by atoms with Crippen molar-refractivity contribution in [3.8, 4) is 0 Å². The molecule has 0 aliphatic heterocycles. The van der Waals surface area contributed by atoms with Crippen molar-refractivity contribution in [2.24, 2.45) is 5.73 Å². The second-order valence-electron chi connectivity index (χ2n) is 3.69. The summed E-state index contributed by atoms with van der Waals surface area (Å²) in [6, 6.07) is 10.1. The van der Waals surface area contributed by atoms with E-state index in [9.17, 15) is 4.79 Å². The van der Waals surface area contributed by atoms with Crippen LogP contribution in [0.25, 0.3) is 0 Å². The third kappa shape index (κ3) is 8.07. The Morgan fingerprint density at radius 3 is 2.65 bits per heavy atom. The number of carbonyl (C=O) groups is 1. The summed E-state index contributed by atoms with van der Waals surface area (Å²) >= 11 is 1.74. The van der Waals surface area contributed by atoms with Crippen molar-refractivity contribution in [3.63, 3.8) is 0 Å². The summed E-state index contributed by atoms with van der Waals surface area (Å²) in [5.74, 6) is 0.915. The number of thioether (sulfide) groups is 1. The van der Waals surface area contributed by atoms with Gasteiger partial charge in [-0.3, -0.25) is 4.79 Å². The second-order valence-corrected chi connectivity index (χ2v) is 4.86. The molecule has 0 radical (unpaired) electrons. The fraction of sp³-hybridized carbons (Fsp3) is 0.417. The van der Waals surface area contributed by atoms with E-state index in [4.69, 9.17) is 5.73 Å². The molecule has 1 aromatic carbocycles. The van der Waals surface area contributed by atoms with Crippen molar-refractivity contribution in [1.82, 2.24) is 5.32 Å². The highest BCUT2D eigenvalue weighted by atomic mass is 35.5. The number of carbonyl (C=O) groups excluding carboxylic acids is 1.